The van der Waals surface area contributed by atoms with Crippen LogP contribution in [0, 0.1) is 13.8 Å². The number of furan rings is 1. The van der Waals surface area contributed by atoms with Crippen molar-refractivity contribution in [1.29, 1.82) is 0 Å². The number of halogens is 1. The van der Waals surface area contributed by atoms with E-state index in [4.69, 9.17) is 4.42 Å². The third kappa shape index (κ3) is 2.96. The molecule has 1 aromatic carbocycles. The van der Waals surface area contributed by atoms with E-state index in [1.165, 1.54) is 0 Å². The van der Waals surface area contributed by atoms with Crippen LogP contribution in [0.15, 0.2) is 40.8 Å². The summed E-state index contributed by atoms with van der Waals surface area (Å²) >= 11 is 3.50. The van der Waals surface area contributed by atoms with Gasteiger partial charge in [0, 0.05) is 5.33 Å². The van der Waals surface area contributed by atoms with E-state index in [9.17, 15) is 4.79 Å². The highest BCUT2D eigenvalue weighted by molar-refractivity contribution is 9.09. The van der Waals surface area contributed by atoms with E-state index in [0.29, 0.717) is 16.7 Å². The number of benzene rings is 1. The molecular weight excluding hydrogens is 318 g/mol. The molecule has 1 amide bonds. The van der Waals surface area contributed by atoms with E-state index < -0.39 is 5.54 Å². The average Bonchev–Trinajstić information content (AvgIpc) is 2.78. The quantitative estimate of drug-likeness (QED) is 0.860. The van der Waals surface area contributed by atoms with Crippen molar-refractivity contribution in [2.75, 3.05) is 5.33 Å². The Bertz CT molecular complexity index is 606. The molecule has 1 heterocycles. The first-order valence-electron chi connectivity index (χ1n) is 6.47. The van der Waals surface area contributed by atoms with Gasteiger partial charge in [0.25, 0.3) is 5.91 Å². The van der Waals surface area contributed by atoms with Crippen molar-refractivity contribution in [3.05, 3.63) is 59.0 Å². The molecule has 0 fully saturated rings. The Morgan fingerprint density at radius 3 is 2.45 bits per heavy atom. The Labute approximate surface area is 127 Å². The van der Waals surface area contributed by atoms with Gasteiger partial charge in [-0.2, -0.15) is 0 Å². The van der Waals surface area contributed by atoms with Crippen LogP contribution in [0.1, 0.15) is 34.4 Å². The smallest absolute Gasteiger partial charge is 0.255 e. The highest BCUT2D eigenvalue weighted by Gasteiger charge is 2.28. The van der Waals surface area contributed by atoms with Gasteiger partial charge in [0.2, 0.25) is 0 Å². The number of hydrogen-bond acceptors (Lipinski definition) is 2. The normalized spacial score (nSPS) is 13.8. The van der Waals surface area contributed by atoms with Gasteiger partial charge in [0.05, 0.1) is 11.1 Å². The minimum absolute atomic E-state index is 0.120. The van der Waals surface area contributed by atoms with E-state index in [0.717, 1.165) is 11.3 Å². The van der Waals surface area contributed by atoms with Crippen LogP contribution < -0.4 is 5.32 Å². The van der Waals surface area contributed by atoms with Gasteiger partial charge < -0.3 is 9.73 Å². The summed E-state index contributed by atoms with van der Waals surface area (Å²) < 4.78 is 5.42. The molecule has 0 bridgehead atoms. The summed E-state index contributed by atoms with van der Waals surface area (Å²) in [5.41, 5.74) is 1.18. The van der Waals surface area contributed by atoms with Gasteiger partial charge in [0.15, 0.2) is 0 Å². The summed E-state index contributed by atoms with van der Waals surface area (Å²) in [5.74, 6) is 1.27. The zero-order chi connectivity index (χ0) is 14.8. The fourth-order valence-corrected chi connectivity index (χ4v) is 2.63. The van der Waals surface area contributed by atoms with Gasteiger partial charge in [-0.3, -0.25) is 4.79 Å². The predicted octanol–water partition coefficient (Wildman–Crippen LogP) is 3.94. The fourth-order valence-electron chi connectivity index (χ4n) is 2.16. The van der Waals surface area contributed by atoms with Crippen LogP contribution in [0.4, 0.5) is 0 Å². The molecule has 0 saturated carbocycles. The van der Waals surface area contributed by atoms with Crippen LogP contribution in [0.2, 0.25) is 0 Å². The topological polar surface area (TPSA) is 42.2 Å². The molecule has 20 heavy (non-hydrogen) atoms. The first-order valence-corrected chi connectivity index (χ1v) is 7.59. The Hall–Kier alpha value is -1.55. The molecule has 4 heteroatoms. The SMILES string of the molecule is Cc1cc(C(=O)NC(C)(CBr)c2ccccc2)c(C)o1. The van der Waals surface area contributed by atoms with Crippen LogP contribution >= 0.6 is 15.9 Å². The van der Waals surface area contributed by atoms with Crippen molar-refractivity contribution < 1.29 is 9.21 Å². The first-order chi connectivity index (χ1) is 9.46. The number of aryl methyl sites for hydroxylation is 2. The second kappa shape index (κ2) is 5.83. The molecular formula is C16H18BrNO2. The maximum absolute atomic E-state index is 12.4. The van der Waals surface area contributed by atoms with Crippen LogP contribution in [0.5, 0.6) is 0 Å². The highest BCUT2D eigenvalue weighted by Crippen LogP contribution is 2.24. The predicted molar refractivity (Wildman–Crippen MR) is 83.2 cm³/mol. The zero-order valence-electron chi connectivity index (χ0n) is 11.9. The molecule has 106 valence electrons. The minimum Gasteiger partial charge on any atom is -0.466 e. The van der Waals surface area contributed by atoms with Crippen molar-refractivity contribution in [1.82, 2.24) is 5.32 Å². The third-order valence-electron chi connectivity index (χ3n) is 3.35. The monoisotopic (exact) mass is 335 g/mol. The Morgan fingerprint density at radius 2 is 1.95 bits per heavy atom. The summed E-state index contributed by atoms with van der Waals surface area (Å²) in [6.07, 6.45) is 0. The molecule has 1 N–H and O–H groups in total. The van der Waals surface area contributed by atoms with Gasteiger partial charge in [-0.05, 0) is 32.4 Å². The maximum atomic E-state index is 12.4. The Kier molecular flexibility index (Phi) is 4.33. The van der Waals surface area contributed by atoms with Crippen LogP contribution in [0.3, 0.4) is 0 Å². The molecule has 0 aliphatic heterocycles. The van der Waals surface area contributed by atoms with Gasteiger partial charge in [-0.25, -0.2) is 0 Å². The van der Waals surface area contributed by atoms with Crippen molar-refractivity contribution in [2.45, 2.75) is 26.3 Å². The van der Waals surface area contributed by atoms with E-state index in [1.54, 1.807) is 13.0 Å². The maximum Gasteiger partial charge on any atom is 0.255 e. The van der Waals surface area contributed by atoms with Crippen LogP contribution in [-0.2, 0) is 5.54 Å². The number of carbonyl (C=O) groups is 1. The van der Waals surface area contributed by atoms with Crippen molar-refractivity contribution in [3.8, 4) is 0 Å². The molecule has 2 aromatic rings. The number of carbonyl (C=O) groups excluding carboxylic acids is 1. The molecule has 0 radical (unpaired) electrons. The number of rotatable bonds is 4. The van der Waals surface area contributed by atoms with Crippen molar-refractivity contribution in [3.63, 3.8) is 0 Å². The lowest BCUT2D eigenvalue weighted by Gasteiger charge is -2.29. The number of nitrogens with one attached hydrogen (secondary N) is 1. The fraction of sp³-hybridized carbons (Fsp3) is 0.312. The molecule has 0 saturated heterocycles. The number of hydrogen-bond donors (Lipinski definition) is 1. The van der Waals surface area contributed by atoms with Gasteiger partial charge >= 0.3 is 0 Å². The summed E-state index contributed by atoms with van der Waals surface area (Å²) in [6, 6.07) is 11.7. The second-order valence-corrected chi connectivity index (χ2v) is 5.67. The molecule has 2 rings (SSSR count). The standard InChI is InChI=1S/C16H18BrNO2/c1-11-9-14(12(2)20-11)15(19)18-16(3,10-17)13-7-5-4-6-8-13/h4-9H,10H2,1-3H3,(H,18,19). The van der Waals surface area contributed by atoms with E-state index in [-0.39, 0.29) is 5.91 Å². The number of alkyl halides is 1. The van der Waals surface area contributed by atoms with Gasteiger partial charge in [0.1, 0.15) is 11.5 Å². The lowest BCUT2D eigenvalue weighted by molar-refractivity contribution is 0.0912. The van der Waals surface area contributed by atoms with Crippen molar-refractivity contribution >= 4 is 21.8 Å². The zero-order valence-corrected chi connectivity index (χ0v) is 13.5. The Morgan fingerprint density at radius 1 is 1.30 bits per heavy atom. The first kappa shape index (κ1) is 14.9. The third-order valence-corrected chi connectivity index (χ3v) is 4.47. The van der Waals surface area contributed by atoms with Gasteiger partial charge in [-0.1, -0.05) is 46.3 Å². The van der Waals surface area contributed by atoms with Crippen molar-refractivity contribution in [2.24, 2.45) is 0 Å². The second-order valence-electron chi connectivity index (χ2n) is 5.11. The molecule has 3 nitrogen and oxygen atoms in total. The molecule has 1 unspecified atom stereocenters. The van der Waals surface area contributed by atoms with E-state index >= 15 is 0 Å². The molecule has 0 aliphatic carbocycles. The molecule has 0 aliphatic rings. The van der Waals surface area contributed by atoms with Crippen LogP contribution in [0.25, 0.3) is 0 Å². The summed E-state index contributed by atoms with van der Waals surface area (Å²) in [6.45, 7) is 5.64. The summed E-state index contributed by atoms with van der Waals surface area (Å²) in [5, 5.41) is 3.71. The lowest BCUT2D eigenvalue weighted by atomic mass is 9.94. The van der Waals surface area contributed by atoms with E-state index in [2.05, 4.69) is 21.2 Å². The summed E-state index contributed by atoms with van der Waals surface area (Å²) in [7, 11) is 0. The molecule has 0 spiro atoms. The molecule has 1 aromatic heterocycles. The van der Waals surface area contributed by atoms with Gasteiger partial charge in [-0.15, -0.1) is 0 Å². The number of amides is 1. The van der Waals surface area contributed by atoms with Crippen LogP contribution in [-0.4, -0.2) is 11.2 Å². The lowest BCUT2D eigenvalue weighted by Crippen LogP contribution is -2.45. The average molecular weight is 336 g/mol. The Balaban J connectivity index is 2.26. The highest BCUT2D eigenvalue weighted by atomic mass is 79.9. The largest absolute Gasteiger partial charge is 0.466 e. The van der Waals surface area contributed by atoms with E-state index in [1.807, 2.05) is 44.2 Å². The summed E-state index contributed by atoms with van der Waals surface area (Å²) in [4.78, 5) is 12.4. The molecule has 1 atom stereocenters. The minimum atomic E-state index is -0.462.